The van der Waals surface area contributed by atoms with Gasteiger partial charge in [0.05, 0.1) is 26.7 Å². The summed E-state index contributed by atoms with van der Waals surface area (Å²) in [5.74, 6) is 0.991. The van der Waals surface area contributed by atoms with E-state index in [-0.39, 0.29) is 19.0 Å². The second kappa shape index (κ2) is 7.68. The minimum Gasteiger partial charge on any atom is -0.497 e. The largest absolute Gasteiger partial charge is 0.497 e. The Morgan fingerprint density at radius 1 is 1.21 bits per heavy atom. The minimum absolute atomic E-state index is 0.244. The monoisotopic (exact) mass is 387 g/mol. The first-order valence-electron chi connectivity index (χ1n) is 8.74. The van der Waals surface area contributed by atoms with Crippen molar-refractivity contribution in [1.82, 2.24) is 19.5 Å². The number of methoxy groups -OCH3 is 1. The second-order valence-electron chi connectivity index (χ2n) is 6.44. The molecule has 0 amide bonds. The van der Waals surface area contributed by atoms with E-state index in [2.05, 4.69) is 15.0 Å². The van der Waals surface area contributed by atoms with Gasteiger partial charge in [-0.05, 0) is 17.7 Å². The summed E-state index contributed by atoms with van der Waals surface area (Å²) in [6, 6.07) is 7.41. The molecule has 10 heteroatoms. The topological polar surface area (TPSA) is 138 Å². The lowest BCUT2D eigenvalue weighted by Crippen LogP contribution is -2.35. The van der Waals surface area contributed by atoms with E-state index in [1.807, 2.05) is 24.3 Å². The van der Waals surface area contributed by atoms with Crippen molar-refractivity contribution in [3.8, 4) is 5.75 Å². The molecule has 2 aromatic heterocycles. The van der Waals surface area contributed by atoms with E-state index in [0.29, 0.717) is 11.2 Å². The van der Waals surface area contributed by atoms with Crippen LogP contribution in [0, 0.1) is 0 Å². The van der Waals surface area contributed by atoms with Gasteiger partial charge in [-0.25, -0.2) is 15.0 Å². The van der Waals surface area contributed by atoms with Gasteiger partial charge in [-0.15, -0.1) is 0 Å². The Bertz CT molecular complexity index is 947. The van der Waals surface area contributed by atoms with Gasteiger partial charge in [0.2, 0.25) is 0 Å². The Morgan fingerprint density at radius 3 is 2.71 bits per heavy atom. The molecule has 148 valence electrons. The predicted molar refractivity (Wildman–Crippen MR) is 98.3 cm³/mol. The Morgan fingerprint density at radius 2 is 2.00 bits per heavy atom. The van der Waals surface area contributed by atoms with Gasteiger partial charge < -0.3 is 30.2 Å². The van der Waals surface area contributed by atoms with Crippen LogP contribution in [0.1, 0.15) is 11.8 Å². The maximum absolute atomic E-state index is 10.6. The summed E-state index contributed by atoms with van der Waals surface area (Å²) in [4.78, 5) is 12.4. The van der Waals surface area contributed by atoms with Crippen LogP contribution in [0.5, 0.6) is 5.75 Å². The van der Waals surface area contributed by atoms with Crippen LogP contribution in [-0.2, 0) is 16.1 Å². The molecule has 1 aliphatic rings. The highest BCUT2D eigenvalue weighted by Gasteiger charge is 2.45. The number of nitrogens with zero attached hydrogens (tertiary/aromatic N) is 4. The first-order chi connectivity index (χ1) is 13.6. The fraction of sp³-hybridized carbons (Fsp3) is 0.389. The number of rotatable bonds is 6. The molecule has 4 atom stereocenters. The maximum atomic E-state index is 10.6. The van der Waals surface area contributed by atoms with Gasteiger partial charge in [0.1, 0.15) is 35.9 Å². The number of nitrogen functional groups attached to an aromatic ring is 1. The van der Waals surface area contributed by atoms with Crippen molar-refractivity contribution in [2.75, 3.05) is 19.5 Å². The molecule has 4 N–H and O–H groups in total. The van der Waals surface area contributed by atoms with E-state index >= 15 is 0 Å². The second-order valence-corrected chi connectivity index (χ2v) is 6.44. The molecule has 3 heterocycles. The first kappa shape index (κ1) is 18.6. The van der Waals surface area contributed by atoms with Crippen molar-refractivity contribution in [1.29, 1.82) is 0 Å². The summed E-state index contributed by atoms with van der Waals surface area (Å²) >= 11 is 0. The highest BCUT2D eigenvalue weighted by molar-refractivity contribution is 5.81. The van der Waals surface area contributed by atoms with Crippen LogP contribution in [0.15, 0.2) is 36.9 Å². The van der Waals surface area contributed by atoms with Gasteiger partial charge in [0, 0.05) is 0 Å². The molecular weight excluding hydrogens is 366 g/mol. The smallest absolute Gasteiger partial charge is 0.167 e. The molecule has 0 aliphatic carbocycles. The molecule has 3 aromatic rings. The fourth-order valence-corrected chi connectivity index (χ4v) is 3.24. The summed E-state index contributed by atoms with van der Waals surface area (Å²) in [6.45, 7) is -0.0999. The molecule has 0 saturated carbocycles. The lowest BCUT2D eigenvalue weighted by atomic mass is 10.1. The minimum atomic E-state index is -1.02. The van der Waals surface area contributed by atoms with Crippen LogP contribution in [0.25, 0.3) is 11.2 Å². The van der Waals surface area contributed by atoms with Gasteiger partial charge in [0.15, 0.2) is 17.7 Å². The highest BCUT2D eigenvalue weighted by Crippen LogP contribution is 2.34. The number of aliphatic hydroxyl groups is 2. The molecule has 1 fully saturated rings. The van der Waals surface area contributed by atoms with Crippen LogP contribution in [-0.4, -0.2) is 61.8 Å². The average molecular weight is 387 g/mol. The lowest BCUT2D eigenvalue weighted by molar-refractivity contribution is -0.0761. The number of hydrogen-bond acceptors (Lipinski definition) is 9. The van der Waals surface area contributed by atoms with Crippen LogP contribution in [0.4, 0.5) is 5.82 Å². The third-order valence-corrected chi connectivity index (χ3v) is 4.76. The number of imidazole rings is 1. The molecular formula is C18H21N5O5. The van der Waals surface area contributed by atoms with Crippen LogP contribution in [0.2, 0.25) is 0 Å². The fourth-order valence-electron chi connectivity index (χ4n) is 3.24. The van der Waals surface area contributed by atoms with Gasteiger partial charge in [-0.1, -0.05) is 12.1 Å². The van der Waals surface area contributed by atoms with Crippen molar-refractivity contribution in [3.05, 3.63) is 42.5 Å². The van der Waals surface area contributed by atoms with Crippen LogP contribution in [0.3, 0.4) is 0 Å². The van der Waals surface area contributed by atoms with E-state index in [9.17, 15) is 10.2 Å². The molecule has 1 aromatic carbocycles. The van der Waals surface area contributed by atoms with Crippen molar-refractivity contribution in [3.63, 3.8) is 0 Å². The van der Waals surface area contributed by atoms with E-state index in [0.717, 1.165) is 11.3 Å². The van der Waals surface area contributed by atoms with Gasteiger partial charge >= 0.3 is 0 Å². The number of anilines is 1. The molecule has 0 radical (unpaired) electrons. The van der Waals surface area contributed by atoms with Crippen molar-refractivity contribution >= 4 is 17.0 Å². The van der Waals surface area contributed by atoms with Crippen LogP contribution < -0.4 is 10.5 Å². The zero-order valence-corrected chi connectivity index (χ0v) is 15.2. The summed E-state index contributed by atoms with van der Waals surface area (Å²) in [5, 5.41) is 20.1. The quantitative estimate of drug-likeness (QED) is 0.543. The van der Waals surface area contributed by atoms with Gasteiger partial charge in [-0.3, -0.25) is 4.57 Å². The molecule has 1 aliphatic heterocycles. The molecule has 0 bridgehead atoms. The number of aliphatic hydroxyl groups excluding tert-OH is 2. The maximum Gasteiger partial charge on any atom is 0.167 e. The summed E-state index contributed by atoms with van der Waals surface area (Å²) < 4.78 is 18.6. The van der Waals surface area contributed by atoms with E-state index in [1.54, 1.807) is 11.7 Å². The normalized spacial score (nSPS) is 24.7. The standard InChI is InChI=1S/C18H21N5O5/c1-26-11-4-2-10(3-5-11)7-27-15-14(25)12(6-24)28-18(15)23-9-22-13-16(19)20-8-21-17(13)23/h2-5,8-9,12,14-15,18,24-25H,6-7H2,1H3,(H2,19,20,21). The van der Waals surface area contributed by atoms with Gasteiger partial charge in [-0.2, -0.15) is 0 Å². The number of benzene rings is 1. The summed E-state index contributed by atoms with van der Waals surface area (Å²) in [7, 11) is 1.60. The lowest BCUT2D eigenvalue weighted by Gasteiger charge is -2.22. The van der Waals surface area contributed by atoms with Gasteiger partial charge in [0.25, 0.3) is 0 Å². The summed E-state index contributed by atoms with van der Waals surface area (Å²) in [5.41, 5.74) is 7.64. The Hall–Kier alpha value is -2.79. The molecule has 1 saturated heterocycles. The Kier molecular flexibility index (Phi) is 5.09. The first-order valence-corrected chi connectivity index (χ1v) is 8.74. The van der Waals surface area contributed by atoms with Crippen molar-refractivity contribution < 1.29 is 24.4 Å². The number of hydrogen-bond donors (Lipinski definition) is 3. The van der Waals surface area contributed by atoms with E-state index in [4.69, 9.17) is 19.9 Å². The number of fused-ring (bicyclic) bond motifs is 1. The Labute approximate surface area is 160 Å². The zero-order chi connectivity index (χ0) is 19.7. The number of aromatic nitrogens is 4. The van der Waals surface area contributed by atoms with E-state index in [1.165, 1.54) is 12.7 Å². The van der Waals surface area contributed by atoms with E-state index < -0.39 is 24.5 Å². The molecule has 10 nitrogen and oxygen atoms in total. The summed E-state index contributed by atoms with van der Waals surface area (Å²) in [6.07, 6.45) is -0.445. The van der Waals surface area contributed by atoms with Crippen molar-refractivity contribution in [2.24, 2.45) is 0 Å². The third kappa shape index (κ3) is 3.27. The Balaban J connectivity index is 1.59. The number of ether oxygens (including phenoxy) is 3. The number of nitrogens with two attached hydrogens (primary N) is 1. The highest BCUT2D eigenvalue weighted by atomic mass is 16.6. The molecule has 4 unspecified atom stereocenters. The molecule has 28 heavy (non-hydrogen) atoms. The predicted octanol–water partition coefficient (Wildman–Crippen LogP) is 0.253. The van der Waals surface area contributed by atoms with Crippen LogP contribution >= 0.6 is 0 Å². The SMILES string of the molecule is COc1ccc(COC2C(O)C(CO)OC2n2cnc3c(N)ncnc32)cc1. The van der Waals surface area contributed by atoms with Crippen molar-refractivity contribution in [2.45, 2.75) is 31.1 Å². The zero-order valence-electron chi connectivity index (χ0n) is 15.2. The third-order valence-electron chi connectivity index (χ3n) is 4.76. The average Bonchev–Trinajstić information content (AvgIpc) is 3.28. The molecule has 4 rings (SSSR count). The molecule has 0 spiro atoms.